The predicted molar refractivity (Wildman–Crippen MR) is 311 cm³/mol. The summed E-state index contributed by atoms with van der Waals surface area (Å²) in [7, 11) is 0. The Bertz CT molecular complexity index is 2920. The van der Waals surface area contributed by atoms with Gasteiger partial charge in [0, 0.05) is 57.2 Å². The van der Waals surface area contributed by atoms with Crippen LogP contribution >= 0.6 is 0 Å². The average molecular weight is 1150 g/mol. The minimum Gasteiger partial charge on any atom is -0.625 e. The summed E-state index contributed by atoms with van der Waals surface area (Å²) in [5.74, 6) is -2.37. The fourth-order valence-electron chi connectivity index (χ4n) is 9.22. The van der Waals surface area contributed by atoms with Gasteiger partial charge in [-0.2, -0.15) is 0 Å². The Hall–Kier alpha value is -7.07. The van der Waals surface area contributed by atoms with Gasteiger partial charge < -0.3 is 30.4 Å². The number of para-hydroxylation sites is 2. The number of allylic oxidation sites excluding steroid dienone is 3. The van der Waals surface area contributed by atoms with E-state index in [-0.39, 0.29) is 69.8 Å². The number of carboxylic acid groups (broad SMARTS) is 2. The zero-order valence-corrected chi connectivity index (χ0v) is 47.2. The first-order valence-corrected chi connectivity index (χ1v) is 26.8. The standard InChI is InChI=1S/C32H35N3O3.C27H27N3O3.C6H12.2Ni/c1-2-3-6-20-28(32(37)38)33-30(25-16-9-5-10-17-25)26-18-11-12-19-27(26)34-31(36)29-21-13-22-35(29)23-24-14-7-4-8-15-24;31-25(32)18-28-26(21-12-5-2-6-13-21)22-14-7-8-15-23(22)29-27(33)24-16-9-17-30(24)19-20-10-3-1-4-11-20;1-3-5-6-4-2;;/h3-12,14-19,28-29H,2,13,20-23H2,1H3,(H2,33,34,36,37,38);1-8,10-15,24H,9,16-19H2,(H2,28,29,31,32,33);5-6H,3-4H2,1-2H3;;/p-2/b6-3+;;6-5+;;. The van der Waals surface area contributed by atoms with Gasteiger partial charge in [-0.15, -0.1) is 11.4 Å². The Morgan fingerprint density at radius 1 is 0.532 bits per heavy atom. The number of hydrogen-bond donors (Lipinski definition) is 2. The molecular formula is C65H72N6Ni2O6-2. The molecule has 0 radical (unpaired) electrons. The van der Waals surface area contributed by atoms with E-state index in [9.17, 15) is 29.4 Å². The molecular weight excluding hydrogens is 1080 g/mol. The van der Waals surface area contributed by atoms with Gasteiger partial charge in [-0.1, -0.05) is 215 Å². The SMILES string of the molecule is CC/C=C/CC.CC/C=C/CC(N=C(c1ccccc1)c1ccccc1[N-]C(=O)C1CCCN1Cc1ccccc1)C(=O)O.O=C(O)CN=C(c1ccccc1)c1ccccc1[N-]C(=O)C1CCCN1Cc1ccccc1.[Ni].[Ni]. The molecule has 8 rings (SSSR count). The molecule has 0 saturated carbocycles. The molecule has 12 nitrogen and oxygen atoms in total. The third-order valence-electron chi connectivity index (χ3n) is 13.0. The summed E-state index contributed by atoms with van der Waals surface area (Å²) in [6.07, 6.45) is 15.1. The van der Waals surface area contributed by atoms with Crippen molar-refractivity contribution in [2.45, 2.75) is 103 Å². The second-order valence-electron chi connectivity index (χ2n) is 18.7. The fraction of sp³-hybridized carbons (Fsp3) is 0.292. The Morgan fingerprint density at radius 2 is 0.911 bits per heavy atom. The van der Waals surface area contributed by atoms with E-state index < -0.39 is 18.0 Å². The number of aliphatic imine (C=N–C) groups is 2. The molecule has 2 amide bonds. The summed E-state index contributed by atoms with van der Waals surface area (Å²) in [6, 6.07) is 52.3. The van der Waals surface area contributed by atoms with Gasteiger partial charge in [0.2, 0.25) is 0 Å². The van der Waals surface area contributed by atoms with Crippen LogP contribution < -0.4 is 0 Å². The van der Waals surface area contributed by atoms with Crippen LogP contribution in [0.2, 0.25) is 0 Å². The second kappa shape index (κ2) is 35.4. The van der Waals surface area contributed by atoms with E-state index in [0.29, 0.717) is 47.0 Å². The van der Waals surface area contributed by atoms with Crippen LogP contribution in [0.5, 0.6) is 0 Å². The number of amides is 2. The van der Waals surface area contributed by atoms with Crippen molar-refractivity contribution in [3.8, 4) is 0 Å². The van der Waals surface area contributed by atoms with Crippen molar-refractivity contribution in [1.29, 1.82) is 0 Å². The monoisotopic (exact) mass is 1150 g/mol. The topological polar surface area (TPSA) is 168 Å². The molecule has 3 atom stereocenters. The molecule has 2 saturated heterocycles. The maximum atomic E-state index is 13.5. The largest absolute Gasteiger partial charge is 0.625 e. The normalized spacial score (nSPS) is 15.8. The Balaban J connectivity index is 0.000000304. The summed E-state index contributed by atoms with van der Waals surface area (Å²) >= 11 is 0. The molecule has 6 aromatic rings. The van der Waals surface area contributed by atoms with Crippen LogP contribution in [0, 0.1) is 0 Å². The van der Waals surface area contributed by atoms with Crippen LogP contribution in [0.1, 0.15) is 106 Å². The van der Waals surface area contributed by atoms with Gasteiger partial charge in [-0.3, -0.25) is 24.6 Å². The van der Waals surface area contributed by atoms with Crippen molar-refractivity contribution in [3.63, 3.8) is 0 Å². The summed E-state index contributed by atoms with van der Waals surface area (Å²) in [5, 5.41) is 28.2. The van der Waals surface area contributed by atoms with Gasteiger partial charge in [0.25, 0.3) is 0 Å². The number of carbonyl (C=O) groups excluding carboxylic acids is 2. The third kappa shape index (κ3) is 20.6. The predicted octanol–water partition coefficient (Wildman–Crippen LogP) is 13.7. The molecule has 79 heavy (non-hydrogen) atoms. The molecule has 2 aliphatic rings. The molecule has 2 aliphatic heterocycles. The van der Waals surface area contributed by atoms with Gasteiger partial charge in [-0.05, 0) is 86.7 Å². The van der Waals surface area contributed by atoms with Crippen LogP contribution in [0.4, 0.5) is 11.4 Å². The first-order valence-electron chi connectivity index (χ1n) is 26.8. The van der Waals surface area contributed by atoms with Gasteiger partial charge in [0.1, 0.15) is 6.54 Å². The summed E-state index contributed by atoms with van der Waals surface area (Å²) in [4.78, 5) is 63.4. The zero-order chi connectivity index (χ0) is 54.6. The molecule has 6 aromatic carbocycles. The molecule has 0 spiro atoms. The van der Waals surface area contributed by atoms with Crippen LogP contribution in [-0.2, 0) is 65.3 Å². The molecule has 0 aliphatic carbocycles. The fourth-order valence-corrected chi connectivity index (χ4v) is 9.22. The number of benzene rings is 6. The maximum absolute atomic E-state index is 13.5. The molecule has 14 heteroatoms. The number of aliphatic carboxylic acids is 2. The summed E-state index contributed by atoms with van der Waals surface area (Å²) in [5.41, 5.74) is 7.21. The van der Waals surface area contributed by atoms with Crippen LogP contribution in [-0.4, -0.2) is 92.9 Å². The van der Waals surface area contributed by atoms with E-state index in [1.165, 1.54) is 24.0 Å². The molecule has 3 unspecified atom stereocenters. The summed E-state index contributed by atoms with van der Waals surface area (Å²) in [6.45, 7) is 9.06. The minimum absolute atomic E-state index is 0. The second-order valence-corrected chi connectivity index (χ2v) is 18.7. The molecule has 2 fully saturated rings. The molecule has 420 valence electrons. The van der Waals surface area contributed by atoms with Gasteiger partial charge in [-0.25, -0.2) is 4.79 Å². The maximum Gasteiger partial charge on any atom is 0.328 e. The number of likely N-dealkylation sites (tertiary alicyclic amines) is 2. The van der Waals surface area contributed by atoms with E-state index in [1.807, 2.05) is 153 Å². The number of carbonyl (C=O) groups is 4. The van der Waals surface area contributed by atoms with Gasteiger partial charge in [0.15, 0.2) is 6.04 Å². The van der Waals surface area contributed by atoms with Crippen molar-refractivity contribution in [2.75, 3.05) is 19.6 Å². The van der Waals surface area contributed by atoms with E-state index >= 15 is 0 Å². The first-order chi connectivity index (χ1) is 37.6. The van der Waals surface area contributed by atoms with E-state index in [4.69, 9.17) is 4.99 Å². The van der Waals surface area contributed by atoms with Crippen molar-refractivity contribution in [1.82, 2.24) is 9.80 Å². The van der Waals surface area contributed by atoms with Crippen molar-refractivity contribution in [3.05, 3.63) is 238 Å². The van der Waals surface area contributed by atoms with E-state index in [2.05, 4.69) is 75.7 Å². The van der Waals surface area contributed by atoms with Crippen molar-refractivity contribution >= 4 is 46.6 Å². The number of carboxylic acids is 2. The number of rotatable bonds is 21. The first kappa shape index (κ1) is 64.5. The van der Waals surface area contributed by atoms with E-state index in [0.717, 1.165) is 56.3 Å². The Labute approximate surface area is 487 Å². The molecule has 2 heterocycles. The minimum atomic E-state index is -1.02. The molecule has 2 N–H and O–H groups in total. The van der Waals surface area contributed by atoms with Gasteiger partial charge in [0.05, 0.1) is 35.3 Å². The average Bonchev–Trinajstić information content (AvgIpc) is 4.18. The van der Waals surface area contributed by atoms with Crippen LogP contribution in [0.3, 0.4) is 0 Å². The van der Waals surface area contributed by atoms with Crippen molar-refractivity contribution < 1.29 is 62.4 Å². The Morgan fingerprint density at radius 3 is 1.33 bits per heavy atom. The molecule has 0 aromatic heterocycles. The number of hydrogen-bond acceptors (Lipinski definition) is 8. The van der Waals surface area contributed by atoms with Crippen molar-refractivity contribution in [2.24, 2.45) is 9.98 Å². The van der Waals surface area contributed by atoms with E-state index in [1.54, 1.807) is 12.1 Å². The van der Waals surface area contributed by atoms with Crippen LogP contribution in [0.15, 0.2) is 204 Å². The zero-order valence-electron chi connectivity index (χ0n) is 45.2. The Kier molecular flexibility index (Phi) is 28.9. The van der Waals surface area contributed by atoms with Crippen LogP contribution in [0.25, 0.3) is 10.6 Å². The smallest absolute Gasteiger partial charge is 0.328 e. The third-order valence-corrected chi connectivity index (χ3v) is 13.0. The quantitative estimate of drug-likeness (QED) is 0.0408. The summed E-state index contributed by atoms with van der Waals surface area (Å²) < 4.78 is 0. The number of nitrogens with zero attached hydrogens (tertiary/aromatic N) is 6. The molecule has 0 bridgehead atoms. The van der Waals surface area contributed by atoms with Gasteiger partial charge >= 0.3 is 11.9 Å².